The summed E-state index contributed by atoms with van der Waals surface area (Å²) in [5, 5.41) is 11.8. The fourth-order valence-corrected chi connectivity index (χ4v) is 3.55. The Labute approximate surface area is 164 Å². The summed E-state index contributed by atoms with van der Waals surface area (Å²) in [4.78, 5) is 15.1. The molecule has 0 bridgehead atoms. The van der Waals surface area contributed by atoms with E-state index in [1.54, 1.807) is 16.8 Å². The molecule has 7 nitrogen and oxygen atoms in total. The van der Waals surface area contributed by atoms with Gasteiger partial charge < -0.3 is 10.1 Å². The highest BCUT2D eigenvalue weighted by Gasteiger charge is 2.25. The van der Waals surface area contributed by atoms with Gasteiger partial charge in [0.05, 0.1) is 24.6 Å². The van der Waals surface area contributed by atoms with Crippen LogP contribution in [0.25, 0.3) is 5.69 Å². The summed E-state index contributed by atoms with van der Waals surface area (Å²) in [7, 11) is 0. The van der Waals surface area contributed by atoms with E-state index in [2.05, 4.69) is 34.4 Å². The number of nitrogens with zero attached hydrogens (tertiary/aromatic N) is 4. The normalized spacial score (nSPS) is 16.5. The number of benzene rings is 1. The van der Waals surface area contributed by atoms with Crippen LogP contribution in [0.4, 0.5) is 0 Å². The molecule has 1 aromatic carbocycles. The van der Waals surface area contributed by atoms with Gasteiger partial charge in [-0.15, -0.1) is 5.10 Å². The molecule has 0 saturated carbocycles. The third-order valence-electron chi connectivity index (χ3n) is 4.92. The first-order valence-corrected chi connectivity index (χ1v) is 9.63. The maximum atomic E-state index is 12.7. The minimum absolute atomic E-state index is 0.209. The van der Waals surface area contributed by atoms with Crippen molar-refractivity contribution in [3.05, 3.63) is 40.7 Å². The van der Waals surface area contributed by atoms with Crippen LogP contribution in [-0.2, 0) is 4.74 Å². The molecule has 1 unspecified atom stereocenters. The van der Waals surface area contributed by atoms with Crippen molar-refractivity contribution in [2.45, 2.75) is 26.8 Å². The zero-order valence-electron chi connectivity index (χ0n) is 16.0. The minimum atomic E-state index is -0.209. The number of nitrogens with one attached hydrogen (secondary N) is 1. The van der Waals surface area contributed by atoms with Gasteiger partial charge in [-0.25, -0.2) is 4.68 Å². The largest absolute Gasteiger partial charge is 0.379 e. The molecule has 2 aromatic rings. The predicted octanol–water partition coefficient (Wildman–Crippen LogP) is 2.32. The average molecular weight is 392 g/mol. The Morgan fingerprint density at radius 2 is 2.07 bits per heavy atom. The van der Waals surface area contributed by atoms with Crippen LogP contribution in [0.3, 0.4) is 0 Å². The lowest BCUT2D eigenvalue weighted by Gasteiger charge is -2.36. The Hall–Kier alpha value is -1.96. The van der Waals surface area contributed by atoms with Crippen LogP contribution in [0.1, 0.15) is 30.0 Å². The molecular weight excluding hydrogens is 366 g/mol. The molecule has 8 heteroatoms. The second-order valence-electron chi connectivity index (χ2n) is 7.08. The smallest absolute Gasteiger partial charge is 0.273 e. The van der Waals surface area contributed by atoms with Crippen molar-refractivity contribution < 1.29 is 9.53 Å². The first kappa shape index (κ1) is 19.8. The first-order chi connectivity index (χ1) is 13.0. The van der Waals surface area contributed by atoms with E-state index in [0.717, 1.165) is 32.0 Å². The molecule has 0 spiro atoms. The van der Waals surface area contributed by atoms with E-state index < -0.39 is 0 Å². The van der Waals surface area contributed by atoms with E-state index in [9.17, 15) is 4.79 Å². The average Bonchev–Trinajstić information content (AvgIpc) is 3.04. The van der Waals surface area contributed by atoms with Gasteiger partial charge in [0.1, 0.15) is 0 Å². The van der Waals surface area contributed by atoms with Crippen LogP contribution in [0.15, 0.2) is 24.3 Å². The monoisotopic (exact) mass is 391 g/mol. The van der Waals surface area contributed by atoms with Gasteiger partial charge in [-0.3, -0.25) is 9.69 Å². The van der Waals surface area contributed by atoms with Crippen molar-refractivity contribution >= 4 is 17.5 Å². The van der Waals surface area contributed by atoms with Crippen LogP contribution in [-0.4, -0.2) is 64.7 Å². The molecule has 146 valence electrons. The number of hydrogen-bond acceptors (Lipinski definition) is 5. The highest BCUT2D eigenvalue weighted by molar-refractivity contribution is 6.30. The van der Waals surface area contributed by atoms with Gasteiger partial charge in [0, 0.05) is 30.7 Å². The summed E-state index contributed by atoms with van der Waals surface area (Å²) in [5.74, 6) is 0.214. The van der Waals surface area contributed by atoms with Gasteiger partial charge in [-0.05, 0) is 31.0 Å². The van der Waals surface area contributed by atoms with Crippen LogP contribution >= 0.6 is 11.6 Å². The SMILES string of the molecule is Cc1c(C(=O)NCC(C(C)C)N2CCOCC2)nnn1-c1cccc(Cl)c1. The molecular formula is C19H26ClN5O2. The molecule has 2 heterocycles. The van der Waals surface area contributed by atoms with Crippen LogP contribution in [0, 0.1) is 12.8 Å². The first-order valence-electron chi connectivity index (χ1n) is 9.25. The number of amides is 1. The van der Waals surface area contributed by atoms with Gasteiger partial charge in [-0.2, -0.15) is 0 Å². The zero-order valence-corrected chi connectivity index (χ0v) is 16.7. The molecule has 1 amide bonds. The molecule has 3 rings (SSSR count). The molecule has 1 N–H and O–H groups in total. The summed E-state index contributed by atoms with van der Waals surface area (Å²) >= 11 is 6.05. The number of aromatic nitrogens is 3. The fourth-order valence-electron chi connectivity index (χ4n) is 3.37. The lowest BCUT2D eigenvalue weighted by molar-refractivity contribution is 0.00671. The maximum absolute atomic E-state index is 12.7. The van der Waals surface area contributed by atoms with Crippen molar-refractivity contribution in [3.8, 4) is 5.69 Å². The summed E-state index contributed by atoms with van der Waals surface area (Å²) in [6, 6.07) is 7.57. The molecule has 0 radical (unpaired) electrons. The van der Waals surface area contributed by atoms with Gasteiger partial charge >= 0.3 is 0 Å². The second-order valence-corrected chi connectivity index (χ2v) is 7.52. The van der Waals surface area contributed by atoms with Gasteiger partial charge in [0.15, 0.2) is 5.69 Å². The molecule has 1 saturated heterocycles. The Morgan fingerprint density at radius 1 is 1.33 bits per heavy atom. The van der Waals surface area contributed by atoms with Gasteiger partial charge in [-0.1, -0.05) is 36.7 Å². The van der Waals surface area contributed by atoms with E-state index in [1.165, 1.54) is 0 Å². The maximum Gasteiger partial charge on any atom is 0.273 e. The molecule has 1 fully saturated rings. The lowest BCUT2D eigenvalue weighted by Crippen LogP contribution is -2.51. The molecule has 1 atom stereocenters. The number of rotatable bonds is 6. The molecule has 0 aliphatic carbocycles. The molecule has 1 aliphatic heterocycles. The molecule has 1 aliphatic rings. The van der Waals surface area contributed by atoms with Crippen molar-refractivity contribution in [2.24, 2.45) is 5.92 Å². The Balaban J connectivity index is 1.69. The number of hydrogen-bond donors (Lipinski definition) is 1. The highest BCUT2D eigenvalue weighted by atomic mass is 35.5. The standard InChI is InChI=1S/C19H26ClN5O2/c1-13(2)17(24-7-9-27-10-8-24)12-21-19(26)18-14(3)25(23-22-18)16-6-4-5-15(20)11-16/h4-6,11,13,17H,7-10,12H2,1-3H3,(H,21,26). The van der Waals surface area contributed by atoms with Crippen molar-refractivity contribution in [2.75, 3.05) is 32.8 Å². The third kappa shape index (κ3) is 4.66. The summed E-state index contributed by atoms with van der Waals surface area (Å²) in [6.07, 6.45) is 0. The number of carbonyl (C=O) groups is 1. The predicted molar refractivity (Wildman–Crippen MR) is 104 cm³/mol. The Bertz CT molecular complexity index is 786. The number of ether oxygens (including phenoxy) is 1. The second kappa shape index (κ2) is 8.82. The summed E-state index contributed by atoms with van der Waals surface area (Å²) in [6.45, 7) is 10.0. The van der Waals surface area contributed by atoms with E-state index in [1.807, 2.05) is 19.1 Å². The quantitative estimate of drug-likeness (QED) is 0.818. The van der Waals surface area contributed by atoms with E-state index in [-0.39, 0.29) is 11.9 Å². The Kier molecular flexibility index (Phi) is 6.46. The van der Waals surface area contributed by atoms with E-state index in [0.29, 0.717) is 28.9 Å². The number of halogens is 1. The number of carbonyl (C=O) groups excluding carboxylic acids is 1. The topological polar surface area (TPSA) is 72.3 Å². The van der Waals surface area contributed by atoms with E-state index in [4.69, 9.17) is 16.3 Å². The molecule has 1 aromatic heterocycles. The van der Waals surface area contributed by atoms with Crippen molar-refractivity contribution in [3.63, 3.8) is 0 Å². The number of morpholine rings is 1. The van der Waals surface area contributed by atoms with E-state index >= 15 is 0 Å². The van der Waals surface area contributed by atoms with Gasteiger partial charge in [0.2, 0.25) is 0 Å². The Morgan fingerprint density at radius 3 is 2.74 bits per heavy atom. The summed E-state index contributed by atoms with van der Waals surface area (Å²) < 4.78 is 7.06. The zero-order chi connectivity index (χ0) is 19.4. The lowest BCUT2D eigenvalue weighted by atomic mass is 10.0. The van der Waals surface area contributed by atoms with Crippen LogP contribution in [0.5, 0.6) is 0 Å². The van der Waals surface area contributed by atoms with Crippen LogP contribution in [0.2, 0.25) is 5.02 Å². The molecule has 27 heavy (non-hydrogen) atoms. The fraction of sp³-hybridized carbons (Fsp3) is 0.526. The van der Waals surface area contributed by atoms with Crippen molar-refractivity contribution in [1.29, 1.82) is 0 Å². The summed E-state index contributed by atoms with van der Waals surface area (Å²) in [5.41, 5.74) is 1.79. The van der Waals surface area contributed by atoms with Crippen molar-refractivity contribution in [1.82, 2.24) is 25.2 Å². The van der Waals surface area contributed by atoms with Gasteiger partial charge in [0.25, 0.3) is 5.91 Å². The minimum Gasteiger partial charge on any atom is -0.379 e. The third-order valence-corrected chi connectivity index (χ3v) is 5.15. The highest BCUT2D eigenvalue weighted by Crippen LogP contribution is 2.17. The van der Waals surface area contributed by atoms with Crippen LogP contribution < -0.4 is 5.32 Å².